The molecule has 17 heavy (non-hydrogen) atoms. The van der Waals surface area contributed by atoms with Crippen LogP contribution in [-0.2, 0) is 9.47 Å². The number of carboxylic acid groups (broad SMARTS) is 1. The molecule has 0 bridgehead atoms. The van der Waals surface area contributed by atoms with E-state index in [1.807, 2.05) is 0 Å². The van der Waals surface area contributed by atoms with Crippen molar-refractivity contribution in [2.24, 2.45) is 0 Å². The van der Waals surface area contributed by atoms with E-state index < -0.39 is 18.2 Å². The Hall–Kier alpha value is -2.44. The summed E-state index contributed by atoms with van der Waals surface area (Å²) in [6.07, 6.45) is -1.31. The molecule has 2 aromatic heterocycles. The molecule has 3 heterocycles. The van der Waals surface area contributed by atoms with E-state index >= 15 is 0 Å². The molecule has 7 nitrogen and oxygen atoms in total. The van der Waals surface area contributed by atoms with Crippen LogP contribution in [0.25, 0.3) is 11.1 Å². The SMILES string of the molecule is O=C1OCC(c2cc3[nH]c(C(=O)O)cc3o2)O1. The Morgan fingerprint density at radius 3 is 2.88 bits per heavy atom. The summed E-state index contributed by atoms with van der Waals surface area (Å²) < 4.78 is 14.8. The molecule has 1 aliphatic rings. The minimum Gasteiger partial charge on any atom is -0.477 e. The summed E-state index contributed by atoms with van der Waals surface area (Å²) >= 11 is 0. The van der Waals surface area contributed by atoms with Crippen molar-refractivity contribution in [3.8, 4) is 0 Å². The number of ether oxygens (including phenoxy) is 2. The van der Waals surface area contributed by atoms with Crippen molar-refractivity contribution in [2.75, 3.05) is 6.61 Å². The number of rotatable bonds is 2. The Balaban J connectivity index is 1.95. The Morgan fingerprint density at radius 2 is 2.29 bits per heavy atom. The van der Waals surface area contributed by atoms with Crippen molar-refractivity contribution in [1.82, 2.24) is 4.98 Å². The number of aromatic carboxylic acids is 1. The number of aromatic amines is 1. The number of carboxylic acids is 1. The fraction of sp³-hybridized carbons (Fsp3) is 0.200. The molecule has 1 fully saturated rings. The largest absolute Gasteiger partial charge is 0.509 e. The predicted molar refractivity (Wildman–Crippen MR) is 52.7 cm³/mol. The topological polar surface area (TPSA) is 102 Å². The highest BCUT2D eigenvalue weighted by atomic mass is 16.8. The lowest BCUT2D eigenvalue weighted by Crippen LogP contribution is -1.98. The summed E-state index contributed by atoms with van der Waals surface area (Å²) in [6, 6.07) is 2.97. The zero-order chi connectivity index (χ0) is 12.0. The Kier molecular flexibility index (Phi) is 1.88. The van der Waals surface area contributed by atoms with Crippen LogP contribution in [0.5, 0.6) is 0 Å². The monoisotopic (exact) mass is 237 g/mol. The van der Waals surface area contributed by atoms with Gasteiger partial charge in [0.1, 0.15) is 12.3 Å². The molecule has 0 radical (unpaired) electrons. The van der Waals surface area contributed by atoms with Crippen molar-refractivity contribution in [2.45, 2.75) is 6.10 Å². The van der Waals surface area contributed by atoms with Gasteiger partial charge in [-0.15, -0.1) is 0 Å². The number of aromatic nitrogens is 1. The van der Waals surface area contributed by atoms with Crippen molar-refractivity contribution in [1.29, 1.82) is 0 Å². The van der Waals surface area contributed by atoms with Crippen LogP contribution in [0.3, 0.4) is 0 Å². The lowest BCUT2D eigenvalue weighted by molar-refractivity contribution is 0.0691. The maximum Gasteiger partial charge on any atom is 0.509 e. The average molecular weight is 237 g/mol. The number of fused-ring (bicyclic) bond motifs is 1. The molecule has 0 amide bonds. The number of nitrogens with one attached hydrogen (secondary N) is 1. The molecule has 2 aromatic rings. The first-order chi connectivity index (χ1) is 8.13. The summed E-state index contributed by atoms with van der Waals surface area (Å²) in [4.78, 5) is 24.1. The maximum atomic E-state index is 10.8. The van der Waals surface area contributed by atoms with Crippen LogP contribution in [0.4, 0.5) is 4.79 Å². The summed E-state index contributed by atoms with van der Waals surface area (Å²) in [5.41, 5.74) is 0.991. The molecule has 0 saturated carbocycles. The van der Waals surface area contributed by atoms with Gasteiger partial charge >= 0.3 is 12.1 Å². The number of furan rings is 1. The van der Waals surface area contributed by atoms with Gasteiger partial charge in [-0.25, -0.2) is 9.59 Å². The van der Waals surface area contributed by atoms with Crippen LogP contribution < -0.4 is 0 Å². The van der Waals surface area contributed by atoms with Gasteiger partial charge in [-0.2, -0.15) is 0 Å². The van der Waals surface area contributed by atoms with E-state index in [9.17, 15) is 9.59 Å². The van der Waals surface area contributed by atoms with E-state index in [1.165, 1.54) is 6.07 Å². The molecular weight excluding hydrogens is 230 g/mol. The molecule has 88 valence electrons. The van der Waals surface area contributed by atoms with Crippen LogP contribution in [-0.4, -0.2) is 28.8 Å². The zero-order valence-electron chi connectivity index (χ0n) is 8.43. The number of H-pyrrole nitrogens is 1. The van der Waals surface area contributed by atoms with E-state index in [-0.39, 0.29) is 12.3 Å². The van der Waals surface area contributed by atoms with Crippen molar-refractivity contribution in [3.05, 3.63) is 23.6 Å². The second-order valence-electron chi connectivity index (χ2n) is 3.58. The van der Waals surface area contributed by atoms with Gasteiger partial charge in [-0.1, -0.05) is 0 Å². The van der Waals surface area contributed by atoms with Gasteiger partial charge in [-0.3, -0.25) is 0 Å². The Morgan fingerprint density at radius 1 is 1.47 bits per heavy atom. The van der Waals surface area contributed by atoms with Crippen LogP contribution in [0.15, 0.2) is 16.5 Å². The number of carbonyl (C=O) groups is 2. The molecule has 0 aromatic carbocycles. The molecule has 1 saturated heterocycles. The molecule has 0 spiro atoms. The van der Waals surface area contributed by atoms with Crippen LogP contribution in [0.1, 0.15) is 22.4 Å². The van der Waals surface area contributed by atoms with Crippen molar-refractivity contribution >= 4 is 23.2 Å². The second kappa shape index (κ2) is 3.27. The summed E-state index contributed by atoms with van der Waals surface area (Å²) in [7, 11) is 0. The first-order valence-corrected chi connectivity index (χ1v) is 4.82. The van der Waals surface area contributed by atoms with Gasteiger partial charge in [0.05, 0.1) is 5.52 Å². The highest BCUT2D eigenvalue weighted by Gasteiger charge is 2.30. The van der Waals surface area contributed by atoms with Crippen molar-refractivity contribution in [3.63, 3.8) is 0 Å². The van der Waals surface area contributed by atoms with Gasteiger partial charge in [0.15, 0.2) is 17.4 Å². The summed E-state index contributed by atoms with van der Waals surface area (Å²) in [5.74, 6) is -0.636. The quantitative estimate of drug-likeness (QED) is 0.770. The third-order valence-corrected chi connectivity index (χ3v) is 2.46. The van der Waals surface area contributed by atoms with Gasteiger partial charge < -0.3 is 24.0 Å². The molecule has 3 rings (SSSR count). The number of carbonyl (C=O) groups excluding carboxylic acids is 1. The zero-order valence-corrected chi connectivity index (χ0v) is 8.43. The average Bonchev–Trinajstić information content (AvgIpc) is 2.88. The van der Waals surface area contributed by atoms with E-state index in [1.54, 1.807) is 6.07 Å². The van der Waals surface area contributed by atoms with Crippen molar-refractivity contribution < 1.29 is 28.6 Å². The normalized spacial score (nSPS) is 19.3. The molecule has 1 unspecified atom stereocenters. The van der Waals surface area contributed by atoms with Gasteiger partial charge in [-0.05, 0) is 0 Å². The Labute approximate surface area is 93.9 Å². The molecule has 2 N–H and O–H groups in total. The molecule has 7 heteroatoms. The number of cyclic esters (lactones) is 2. The smallest absolute Gasteiger partial charge is 0.477 e. The lowest BCUT2D eigenvalue weighted by atomic mass is 10.3. The maximum absolute atomic E-state index is 10.8. The first-order valence-electron chi connectivity index (χ1n) is 4.82. The van der Waals surface area contributed by atoms with E-state index in [0.29, 0.717) is 16.9 Å². The van der Waals surface area contributed by atoms with E-state index in [2.05, 4.69) is 9.72 Å². The predicted octanol–water partition coefficient (Wildman–Crippen LogP) is 1.67. The molecule has 0 aliphatic carbocycles. The standard InChI is InChI=1S/C10H7NO6/c12-9(13)5-2-6-4(11-5)1-7(16-6)8-3-15-10(14)17-8/h1-2,8,11H,3H2,(H,12,13). The van der Waals surface area contributed by atoms with E-state index in [4.69, 9.17) is 14.3 Å². The van der Waals surface area contributed by atoms with Crippen LogP contribution in [0, 0.1) is 0 Å². The van der Waals surface area contributed by atoms with Gasteiger partial charge in [0.2, 0.25) is 0 Å². The third kappa shape index (κ3) is 1.52. The minimum absolute atomic E-state index is 0.0463. The number of hydrogen-bond donors (Lipinski definition) is 2. The highest BCUT2D eigenvalue weighted by Crippen LogP contribution is 2.29. The first kappa shape index (κ1) is 9.76. The third-order valence-electron chi connectivity index (χ3n) is 2.46. The molecular formula is C10H7NO6. The minimum atomic E-state index is -1.06. The van der Waals surface area contributed by atoms with Crippen LogP contribution >= 0.6 is 0 Å². The Bertz CT molecular complexity index is 578. The van der Waals surface area contributed by atoms with Gasteiger partial charge in [0, 0.05) is 12.1 Å². The lowest BCUT2D eigenvalue weighted by Gasteiger charge is -1.99. The molecule has 1 atom stereocenters. The van der Waals surface area contributed by atoms with E-state index in [0.717, 1.165) is 0 Å². The summed E-state index contributed by atoms with van der Waals surface area (Å²) in [5, 5.41) is 8.76. The second-order valence-corrected chi connectivity index (χ2v) is 3.58. The number of hydrogen-bond acceptors (Lipinski definition) is 5. The highest BCUT2D eigenvalue weighted by molar-refractivity contribution is 5.92. The fourth-order valence-corrected chi connectivity index (χ4v) is 1.68. The fourth-order valence-electron chi connectivity index (χ4n) is 1.68. The van der Waals surface area contributed by atoms with Gasteiger partial charge in [0.25, 0.3) is 0 Å². The summed E-state index contributed by atoms with van der Waals surface area (Å²) in [6.45, 7) is 0.0979. The molecule has 1 aliphatic heterocycles. The van der Waals surface area contributed by atoms with Crippen LogP contribution in [0.2, 0.25) is 0 Å².